The third-order valence-corrected chi connectivity index (χ3v) is 4.45. The monoisotopic (exact) mass is 295 g/mol. The van der Waals surface area contributed by atoms with Crippen LogP contribution in [0.3, 0.4) is 0 Å². The number of benzene rings is 1. The van der Waals surface area contributed by atoms with Crippen LogP contribution in [0.15, 0.2) is 24.3 Å². The first kappa shape index (κ1) is 13.9. The Bertz CT molecular complexity index is 498. The highest BCUT2D eigenvalue weighted by Gasteiger charge is 2.48. The standard InChI is InChI=1S/C15H18ClNO3/c16-13-5-3-12(4-6-13)15(10-20-15)9-17-7-1-2-11(8-17)14(18)19/h3-6,11H,1-2,7-10H2,(H,18,19). The van der Waals surface area contributed by atoms with E-state index in [1.807, 2.05) is 24.3 Å². The minimum absolute atomic E-state index is 0.246. The van der Waals surface area contributed by atoms with Crippen LogP contribution in [0.2, 0.25) is 5.02 Å². The van der Waals surface area contributed by atoms with E-state index >= 15 is 0 Å². The lowest BCUT2D eigenvalue weighted by Gasteiger charge is -2.32. The smallest absolute Gasteiger partial charge is 0.307 e. The molecule has 1 N–H and O–H groups in total. The van der Waals surface area contributed by atoms with Gasteiger partial charge in [-0.05, 0) is 37.1 Å². The fraction of sp³-hybridized carbons (Fsp3) is 0.533. The van der Waals surface area contributed by atoms with Gasteiger partial charge in [0, 0.05) is 18.1 Å². The summed E-state index contributed by atoms with van der Waals surface area (Å²) in [5, 5.41) is 9.86. The Kier molecular flexibility index (Phi) is 3.71. The van der Waals surface area contributed by atoms with Crippen LogP contribution in [0.25, 0.3) is 0 Å². The molecule has 0 amide bonds. The van der Waals surface area contributed by atoms with Gasteiger partial charge in [0.15, 0.2) is 0 Å². The molecule has 0 aliphatic carbocycles. The average molecular weight is 296 g/mol. The molecule has 1 aromatic rings. The first-order valence-electron chi connectivity index (χ1n) is 6.94. The highest BCUT2D eigenvalue weighted by atomic mass is 35.5. The zero-order valence-electron chi connectivity index (χ0n) is 11.2. The van der Waals surface area contributed by atoms with E-state index in [1.54, 1.807) is 0 Å². The van der Waals surface area contributed by atoms with Crippen molar-refractivity contribution in [3.63, 3.8) is 0 Å². The third-order valence-electron chi connectivity index (χ3n) is 4.20. The Morgan fingerprint density at radius 2 is 2.15 bits per heavy atom. The Labute approximate surface area is 123 Å². The number of carbonyl (C=O) groups is 1. The molecule has 0 bridgehead atoms. The van der Waals surface area contributed by atoms with E-state index in [2.05, 4.69) is 4.90 Å². The highest BCUT2D eigenvalue weighted by molar-refractivity contribution is 6.30. The Hall–Kier alpha value is -1.10. The minimum Gasteiger partial charge on any atom is -0.481 e. The van der Waals surface area contributed by atoms with E-state index in [4.69, 9.17) is 21.4 Å². The molecule has 0 aromatic heterocycles. The van der Waals surface area contributed by atoms with Gasteiger partial charge in [-0.1, -0.05) is 23.7 Å². The third kappa shape index (κ3) is 2.82. The average Bonchev–Trinajstić information content (AvgIpc) is 3.20. The molecule has 0 spiro atoms. The number of carboxylic acids is 1. The topological polar surface area (TPSA) is 53.1 Å². The van der Waals surface area contributed by atoms with Crippen LogP contribution in [-0.2, 0) is 15.1 Å². The lowest BCUT2D eigenvalue weighted by Crippen LogP contribution is -2.42. The first-order chi connectivity index (χ1) is 9.59. The molecular weight excluding hydrogens is 278 g/mol. The summed E-state index contributed by atoms with van der Waals surface area (Å²) in [6.07, 6.45) is 1.72. The van der Waals surface area contributed by atoms with Gasteiger partial charge in [0.2, 0.25) is 0 Å². The zero-order chi connectivity index (χ0) is 14.2. The van der Waals surface area contributed by atoms with Crippen LogP contribution in [0, 0.1) is 5.92 Å². The van der Waals surface area contributed by atoms with Crippen molar-refractivity contribution in [3.05, 3.63) is 34.9 Å². The number of carboxylic acid groups (broad SMARTS) is 1. The van der Waals surface area contributed by atoms with Crippen molar-refractivity contribution < 1.29 is 14.6 Å². The second kappa shape index (κ2) is 5.35. The molecule has 2 aliphatic heterocycles. The number of hydrogen-bond donors (Lipinski definition) is 1. The maximum Gasteiger partial charge on any atom is 0.307 e. The largest absolute Gasteiger partial charge is 0.481 e. The molecule has 3 rings (SSSR count). The number of epoxide rings is 1. The summed E-state index contributed by atoms with van der Waals surface area (Å²) in [6, 6.07) is 7.73. The van der Waals surface area contributed by atoms with Crippen LogP contribution < -0.4 is 0 Å². The quantitative estimate of drug-likeness (QED) is 0.867. The number of likely N-dealkylation sites (tertiary alicyclic amines) is 1. The predicted molar refractivity (Wildman–Crippen MR) is 75.9 cm³/mol. The van der Waals surface area contributed by atoms with Gasteiger partial charge in [-0.15, -0.1) is 0 Å². The summed E-state index contributed by atoms with van der Waals surface area (Å²) < 4.78 is 5.69. The zero-order valence-corrected chi connectivity index (χ0v) is 12.0. The van der Waals surface area contributed by atoms with Crippen LogP contribution in [-0.4, -0.2) is 42.2 Å². The number of aliphatic carboxylic acids is 1. The Morgan fingerprint density at radius 1 is 1.45 bits per heavy atom. The maximum absolute atomic E-state index is 11.1. The molecule has 0 saturated carbocycles. The molecular formula is C15H18ClNO3. The molecule has 2 fully saturated rings. The van der Waals surface area contributed by atoms with Gasteiger partial charge in [-0.25, -0.2) is 0 Å². The van der Waals surface area contributed by atoms with E-state index < -0.39 is 5.97 Å². The Morgan fingerprint density at radius 3 is 2.75 bits per heavy atom. The van der Waals surface area contributed by atoms with Crippen LogP contribution in [0.1, 0.15) is 18.4 Å². The molecule has 2 saturated heterocycles. The number of halogens is 1. The van der Waals surface area contributed by atoms with E-state index in [0.717, 1.165) is 31.5 Å². The van der Waals surface area contributed by atoms with Crippen LogP contribution in [0.5, 0.6) is 0 Å². The van der Waals surface area contributed by atoms with Gasteiger partial charge < -0.3 is 9.84 Å². The lowest BCUT2D eigenvalue weighted by atomic mass is 9.94. The molecule has 2 unspecified atom stereocenters. The van der Waals surface area contributed by atoms with E-state index in [1.165, 1.54) is 0 Å². The van der Waals surface area contributed by atoms with Crippen molar-refractivity contribution in [1.29, 1.82) is 0 Å². The first-order valence-corrected chi connectivity index (χ1v) is 7.32. The SMILES string of the molecule is O=C(O)C1CCCN(CC2(c3ccc(Cl)cc3)CO2)C1. The lowest BCUT2D eigenvalue weighted by molar-refractivity contribution is -0.143. The van der Waals surface area contributed by atoms with Crippen molar-refractivity contribution in [3.8, 4) is 0 Å². The molecule has 1 aromatic carbocycles. The summed E-state index contributed by atoms with van der Waals surface area (Å²) in [6.45, 7) is 3.03. The van der Waals surface area contributed by atoms with Crippen LogP contribution in [0.4, 0.5) is 0 Å². The second-order valence-electron chi connectivity index (χ2n) is 5.70. The summed E-state index contributed by atoms with van der Waals surface area (Å²) in [7, 11) is 0. The summed E-state index contributed by atoms with van der Waals surface area (Å²) in [5.74, 6) is -0.934. The molecule has 2 atom stereocenters. The van der Waals surface area contributed by atoms with Gasteiger partial charge in [0.05, 0.1) is 12.5 Å². The summed E-state index contributed by atoms with van der Waals surface area (Å²) >= 11 is 5.91. The number of nitrogens with zero attached hydrogens (tertiary/aromatic N) is 1. The second-order valence-corrected chi connectivity index (χ2v) is 6.14. The summed E-state index contributed by atoms with van der Waals surface area (Å²) in [4.78, 5) is 13.3. The van der Waals surface area contributed by atoms with Crippen molar-refractivity contribution in [2.75, 3.05) is 26.2 Å². The van der Waals surface area contributed by atoms with Gasteiger partial charge in [0.25, 0.3) is 0 Å². The predicted octanol–water partition coefficient (Wildman–Crippen LogP) is 2.36. The fourth-order valence-corrected chi connectivity index (χ4v) is 3.08. The fourth-order valence-electron chi connectivity index (χ4n) is 2.95. The molecule has 4 nitrogen and oxygen atoms in total. The molecule has 0 radical (unpaired) electrons. The van der Waals surface area contributed by atoms with Gasteiger partial charge >= 0.3 is 5.97 Å². The molecule has 5 heteroatoms. The minimum atomic E-state index is -0.688. The van der Waals surface area contributed by atoms with Crippen molar-refractivity contribution >= 4 is 17.6 Å². The number of hydrogen-bond acceptors (Lipinski definition) is 3. The number of piperidine rings is 1. The summed E-state index contributed by atoms with van der Waals surface area (Å²) in [5.41, 5.74) is 0.865. The van der Waals surface area contributed by atoms with Gasteiger partial charge in [-0.2, -0.15) is 0 Å². The molecule has 2 aliphatic rings. The van der Waals surface area contributed by atoms with Crippen molar-refractivity contribution in [1.82, 2.24) is 4.90 Å². The van der Waals surface area contributed by atoms with Gasteiger partial charge in [-0.3, -0.25) is 9.69 Å². The van der Waals surface area contributed by atoms with Crippen molar-refractivity contribution in [2.24, 2.45) is 5.92 Å². The molecule has 20 heavy (non-hydrogen) atoms. The molecule has 2 heterocycles. The number of ether oxygens (including phenoxy) is 1. The van der Waals surface area contributed by atoms with E-state index in [9.17, 15) is 4.79 Å². The van der Waals surface area contributed by atoms with Crippen molar-refractivity contribution in [2.45, 2.75) is 18.4 Å². The normalized spacial score (nSPS) is 30.1. The highest BCUT2D eigenvalue weighted by Crippen LogP contribution is 2.40. The van der Waals surface area contributed by atoms with Crippen LogP contribution >= 0.6 is 11.6 Å². The maximum atomic E-state index is 11.1. The molecule has 108 valence electrons. The Balaban J connectivity index is 1.68. The van der Waals surface area contributed by atoms with E-state index in [0.29, 0.717) is 18.2 Å². The van der Waals surface area contributed by atoms with Gasteiger partial charge in [0.1, 0.15) is 5.60 Å². The number of rotatable bonds is 4. The van der Waals surface area contributed by atoms with E-state index in [-0.39, 0.29) is 11.5 Å².